The lowest BCUT2D eigenvalue weighted by molar-refractivity contribution is -0.130. The van der Waals surface area contributed by atoms with Crippen molar-refractivity contribution in [3.63, 3.8) is 0 Å². The van der Waals surface area contributed by atoms with Gasteiger partial charge in [0.25, 0.3) is 0 Å². The van der Waals surface area contributed by atoms with Crippen molar-refractivity contribution < 1.29 is 14.7 Å². The number of piperazine rings is 1. The zero-order valence-electron chi connectivity index (χ0n) is 22.8. The standard InChI is InChI=1S/C30H37N5O3/c1-6-27(38)32-13-11-23(12-14-32)35-20(2)28(26-18-24(37)17-22-9-7-8-10-25(22)26)29(31-35)34-16-15-33(21(3)36)19-30(34,4)5/h6-10,17-18,23,37H,1,11-16,19H2,2-5H3. The van der Waals surface area contributed by atoms with Crippen LogP contribution in [0.5, 0.6) is 5.75 Å². The number of likely N-dealkylation sites (tertiary alicyclic amines) is 1. The molecule has 0 spiro atoms. The van der Waals surface area contributed by atoms with Crippen LogP contribution in [0.15, 0.2) is 49.1 Å². The quantitative estimate of drug-likeness (QED) is 0.517. The summed E-state index contributed by atoms with van der Waals surface area (Å²) in [7, 11) is 0. The van der Waals surface area contributed by atoms with E-state index in [4.69, 9.17) is 5.10 Å². The van der Waals surface area contributed by atoms with E-state index in [1.165, 1.54) is 6.08 Å². The Hall–Kier alpha value is -3.81. The molecular weight excluding hydrogens is 478 g/mol. The third-order valence-electron chi connectivity index (χ3n) is 8.15. The molecular formula is C30H37N5O3. The average Bonchev–Trinajstić information content (AvgIpc) is 3.23. The van der Waals surface area contributed by atoms with E-state index in [2.05, 4.69) is 43.0 Å². The average molecular weight is 516 g/mol. The summed E-state index contributed by atoms with van der Waals surface area (Å²) in [4.78, 5) is 30.4. The predicted molar refractivity (Wildman–Crippen MR) is 150 cm³/mol. The van der Waals surface area contributed by atoms with Crippen molar-refractivity contribution in [1.82, 2.24) is 19.6 Å². The summed E-state index contributed by atoms with van der Waals surface area (Å²) in [5, 5.41) is 18.0. The van der Waals surface area contributed by atoms with Crippen molar-refractivity contribution in [3.05, 3.63) is 54.7 Å². The number of phenolic OH excluding ortho intramolecular Hbond substituents is 1. The van der Waals surface area contributed by atoms with Crippen LogP contribution in [-0.4, -0.2) is 74.8 Å². The SMILES string of the molecule is C=CC(=O)N1CCC(n2nc(N3CCN(C(C)=O)CC3(C)C)c(-c3cc(O)cc4ccccc34)c2C)CC1. The van der Waals surface area contributed by atoms with Gasteiger partial charge in [-0.05, 0) is 68.2 Å². The molecule has 2 saturated heterocycles. The molecule has 0 radical (unpaired) electrons. The third-order valence-corrected chi connectivity index (χ3v) is 8.15. The molecule has 2 aliphatic rings. The second-order valence-electron chi connectivity index (χ2n) is 11.1. The van der Waals surface area contributed by atoms with E-state index in [1.54, 1.807) is 13.0 Å². The minimum atomic E-state index is -0.337. The Kier molecular flexibility index (Phi) is 6.67. The Labute approximate surface area is 224 Å². The van der Waals surface area contributed by atoms with Crippen LogP contribution in [0.2, 0.25) is 0 Å². The summed E-state index contributed by atoms with van der Waals surface area (Å²) < 4.78 is 2.13. The number of piperidine rings is 1. The van der Waals surface area contributed by atoms with Crippen molar-refractivity contribution in [3.8, 4) is 16.9 Å². The molecule has 3 aromatic rings. The number of carbonyl (C=O) groups excluding carboxylic acids is 2. The number of carbonyl (C=O) groups is 2. The number of amides is 2. The van der Waals surface area contributed by atoms with E-state index >= 15 is 0 Å². The van der Waals surface area contributed by atoms with E-state index < -0.39 is 0 Å². The summed E-state index contributed by atoms with van der Waals surface area (Å²) >= 11 is 0. The van der Waals surface area contributed by atoms with Crippen LogP contribution in [0, 0.1) is 6.92 Å². The first-order valence-electron chi connectivity index (χ1n) is 13.4. The lowest BCUT2D eigenvalue weighted by Gasteiger charge is -2.47. The molecule has 5 rings (SSSR count). The second kappa shape index (κ2) is 9.82. The maximum atomic E-state index is 12.2. The van der Waals surface area contributed by atoms with Gasteiger partial charge in [0.2, 0.25) is 11.8 Å². The molecule has 38 heavy (non-hydrogen) atoms. The largest absolute Gasteiger partial charge is 0.508 e. The molecule has 0 bridgehead atoms. The van der Waals surface area contributed by atoms with Gasteiger partial charge >= 0.3 is 0 Å². The number of fused-ring (bicyclic) bond motifs is 1. The van der Waals surface area contributed by atoms with Crippen molar-refractivity contribution in [2.24, 2.45) is 0 Å². The number of phenols is 1. The Morgan fingerprint density at radius 2 is 1.79 bits per heavy atom. The fourth-order valence-electron chi connectivity index (χ4n) is 6.14. The minimum absolute atomic E-state index is 0.0293. The van der Waals surface area contributed by atoms with E-state index in [1.807, 2.05) is 34.1 Å². The van der Waals surface area contributed by atoms with Crippen LogP contribution in [0.3, 0.4) is 0 Å². The summed E-state index contributed by atoms with van der Waals surface area (Å²) in [5.74, 6) is 1.14. The number of rotatable bonds is 4. The molecule has 0 atom stereocenters. The number of nitrogens with zero attached hydrogens (tertiary/aromatic N) is 5. The highest BCUT2D eigenvalue weighted by molar-refractivity contribution is 6.01. The molecule has 2 aromatic carbocycles. The van der Waals surface area contributed by atoms with Crippen LogP contribution in [0.1, 0.15) is 45.3 Å². The van der Waals surface area contributed by atoms with Gasteiger partial charge in [-0.25, -0.2) is 0 Å². The Morgan fingerprint density at radius 3 is 2.45 bits per heavy atom. The van der Waals surface area contributed by atoms with Gasteiger partial charge in [-0.15, -0.1) is 0 Å². The fourth-order valence-corrected chi connectivity index (χ4v) is 6.14. The third kappa shape index (κ3) is 4.52. The van der Waals surface area contributed by atoms with Gasteiger partial charge in [0, 0.05) is 50.9 Å². The van der Waals surface area contributed by atoms with E-state index in [0.29, 0.717) is 32.7 Å². The van der Waals surface area contributed by atoms with Crippen molar-refractivity contribution in [2.75, 3.05) is 37.6 Å². The van der Waals surface area contributed by atoms with Gasteiger partial charge in [-0.3, -0.25) is 14.3 Å². The Bertz CT molecular complexity index is 1400. The number of aromatic hydroxyl groups is 1. The highest BCUT2D eigenvalue weighted by Crippen LogP contribution is 2.43. The molecule has 2 amide bonds. The maximum Gasteiger partial charge on any atom is 0.245 e. The van der Waals surface area contributed by atoms with Crippen LogP contribution in [0.25, 0.3) is 21.9 Å². The van der Waals surface area contributed by atoms with Crippen molar-refractivity contribution >= 4 is 28.4 Å². The van der Waals surface area contributed by atoms with Gasteiger partial charge in [0.1, 0.15) is 5.75 Å². The second-order valence-corrected chi connectivity index (χ2v) is 11.1. The van der Waals surface area contributed by atoms with Crippen LogP contribution >= 0.6 is 0 Å². The molecule has 2 fully saturated rings. The lowest BCUT2D eigenvalue weighted by atomic mass is 9.94. The predicted octanol–water partition coefficient (Wildman–Crippen LogP) is 4.51. The zero-order chi connectivity index (χ0) is 27.2. The molecule has 8 heteroatoms. The first-order valence-corrected chi connectivity index (χ1v) is 13.4. The topological polar surface area (TPSA) is 81.9 Å². The van der Waals surface area contributed by atoms with Gasteiger partial charge < -0.3 is 19.8 Å². The molecule has 3 heterocycles. The first-order chi connectivity index (χ1) is 18.1. The molecule has 0 aliphatic carbocycles. The normalized spacial score (nSPS) is 18.2. The summed E-state index contributed by atoms with van der Waals surface area (Å²) in [6.45, 7) is 14.9. The monoisotopic (exact) mass is 515 g/mol. The summed E-state index contributed by atoms with van der Waals surface area (Å²) in [6.07, 6.45) is 3.00. The zero-order valence-corrected chi connectivity index (χ0v) is 22.8. The van der Waals surface area contributed by atoms with Crippen molar-refractivity contribution in [1.29, 1.82) is 0 Å². The Balaban J connectivity index is 1.64. The number of benzene rings is 2. The number of hydrogen-bond donors (Lipinski definition) is 1. The molecule has 0 saturated carbocycles. The van der Waals surface area contributed by atoms with E-state index in [0.717, 1.165) is 46.3 Å². The van der Waals surface area contributed by atoms with E-state index in [-0.39, 0.29) is 29.1 Å². The van der Waals surface area contributed by atoms with Crippen molar-refractivity contribution in [2.45, 2.75) is 52.1 Å². The van der Waals surface area contributed by atoms with Gasteiger partial charge in [-0.1, -0.05) is 30.8 Å². The maximum absolute atomic E-state index is 12.2. The molecule has 8 nitrogen and oxygen atoms in total. The molecule has 2 aliphatic heterocycles. The molecule has 1 aromatic heterocycles. The van der Waals surface area contributed by atoms with Crippen LogP contribution in [0.4, 0.5) is 5.82 Å². The van der Waals surface area contributed by atoms with Gasteiger partial charge in [0.15, 0.2) is 5.82 Å². The van der Waals surface area contributed by atoms with Crippen LogP contribution < -0.4 is 4.90 Å². The van der Waals surface area contributed by atoms with Gasteiger partial charge in [0.05, 0.1) is 11.6 Å². The summed E-state index contributed by atoms with van der Waals surface area (Å²) in [6, 6.07) is 11.9. The Morgan fingerprint density at radius 1 is 1.08 bits per heavy atom. The first kappa shape index (κ1) is 25.8. The smallest absolute Gasteiger partial charge is 0.245 e. The molecule has 200 valence electrons. The van der Waals surface area contributed by atoms with Crippen LogP contribution in [-0.2, 0) is 9.59 Å². The highest BCUT2D eigenvalue weighted by Gasteiger charge is 2.39. The molecule has 0 unspecified atom stereocenters. The molecule has 1 N–H and O–H groups in total. The van der Waals surface area contributed by atoms with E-state index in [9.17, 15) is 14.7 Å². The number of hydrogen-bond acceptors (Lipinski definition) is 5. The fraction of sp³-hybridized carbons (Fsp3) is 0.433. The van der Waals surface area contributed by atoms with Gasteiger partial charge in [-0.2, -0.15) is 5.10 Å². The minimum Gasteiger partial charge on any atom is -0.508 e. The highest BCUT2D eigenvalue weighted by atomic mass is 16.3. The lowest BCUT2D eigenvalue weighted by Crippen LogP contribution is -2.60. The number of anilines is 1. The summed E-state index contributed by atoms with van der Waals surface area (Å²) in [5.41, 5.74) is 2.65. The number of aromatic nitrogens is 2.